The number of aromatic nitrogens is 2. The predicted molar refractivity (Wildman–Crippen MR) is 90.9 cm³/mol. The van der Waals surface area contributed by atoms with E-state index in [-0.39, 0.29) is 30.7 Å². The SMILES string of the molecule is CCc1nsc(N2CCCN(C(=O)CCN)CC2)n1.Cl.Cl. The zero-order valence-electron chi connectivity index (χ0n) is 12.2. The van der Waals surface area contributed by atoms with Gasteiger partial charge < -0.3 is 15.5 Å². The van der Waals surface area contributed by atoms with Crippen LogP contribution in [0.4, 0.5) is 5.13 Å². The molecule has 2 N–H and O–H groups in total. The van der Waals surface area contributed by atoms with E-state index in [9.17, 15) is 4.79 Å². The molecule has 0 unspecified atom stereocenters. The second-order valence-electron chi connectivity index (χ2n) is 4.61. The van der Waals surface area contributed by atoms with E-state index in [4.69, 9.17) is 5.73 Å². The van der Waals surface area contributed by atoms with Crippen molar-refractivity contribution in [3.05, 3.63) is 5.82 Å². The summed E-state index contributed by atoms with van der Waals surface area (Å²) in [6.45, 7) is 5.81. The number of halogens is 2. The summed E-state index contributed by atoms with van der Waals surface area (Å²) >= 11 is 1.45. The summed E-state index contributed by atoms with van der Waals surface area (Å²) in [7, 11) is 0. The van der Waals surface area contributed by atoms with Gasteiger partial charge in [0.25, 0.3) is 0 Å². The average molecular weight is 356 g/mol. The summed E-state index contributed by atoms with van der Waals surface area (Å²) in [5.41, 5.74) is 5.44. The van der Waals surface area contributed by atoms with Gasteiger partial charge in [-0.2, -0.15) is 4.37 Å². The van der Waals surface area contributed by atoms with Crippen molar-refractivity contribution in [1.82, 2.24) is 14.3 Å². The lowest BCUT2D eigenvalue weighted by Gasteiger charge is -2.21. The summed E-state index contributed by atoms with van der Waals surface area (Å²) in [5, 5.41) is 0.977. The van der Waals surface area contributed by atoms with Crippen molar-refractivity contribution in [3.63, 3.8) is 0 Å². The van der Waals surface area contributed by atoms with Crippen molar-refractivity contribution in [2.75, 3.05) is 37.6 Å². The predicted octanol–water partition coefficient (Wildman–Crippen LogP) is 1.33. The maximum Gasteiger partial charge on any atom is 0.223 e. The largest absolute Gasteiger partial charge is 0.345 e. The third-order valence-electron chi connectivity index (χ3n) is 3.25. The van der Waals surface area contributed by atoms with Gasteiger partial charge in [0.1, 0.15) is 5.82 Å². The number of carbonyl (C=O) groups is 1. The summed E-state index contributed by atoms with van der Waals surface area (Å²) in [4.78, 5) is 20.5. The molecule has 6 nitrogen and oxygen atoms in total. The molecule has 0 saturated carbocycles. The zero-order chi connectivity index (χ0) is 13.7. The summed E-state index contributed by atoms with van der Waals surface area (Å²) in [6, 6.07) is 0. The molecular weight excluding hydrogens is 333 g/mol. The Bertz CT molecular complexity index is 432. The number of nitrogens with two attached hydrogens (primary N) is 1. The number of amides is 1. The zero-order valence-corrected chi connectivity index (χ0v) is 14.6. The highest BCUT2D eigenvalue weighted by molar-refractivity contribution is 7.09. The standard InChI is InChI=1S/C12H21N5OS.2ClH/c1-2-10-14-12(19-15-10)17-7-3-6-16(8-9-17)11(18)4-5-13;;/h2-9,13H2,1H3;2*1H. The molecule has 122 valence electrons. The molecule has 0 bridgehead atoms. The van der Waals surface area contributed by atoms with Crippen LogP contribution < -0.4 is 10.6 Å². The van der Waals surface area contributed by atoms with E-state index in [2.05, 4.69) is 21.2 Å². The number of nitrogens with zero attached hydrogens (tertiary/aromatic N) is 4. The Morgan fingerprint density at radius 3 is 2.67 bits per heavy atom. The lowest BCUT2D eigenvalue weighted by Crippen LogP contribution is -2.36. The molecule has 0 radical (unpaired) electrons. The first kappa shape index (κ1) is 20.4. The first-order valence-electron chi connectivity index (χ1n) is 6.80. The molecule has 1 aromatic rings. The van der Waals surface area contributed by atoms with Crippen LogP contribution in [-0.2, 0) is 11.2 Å². The quantitative estimate of drug-likeness (QED) is 0.881. The van der Waals surface area contributed by atoms with Crippen LogP contribution in [0.1, 0.15) is 25.6 Å². The van der Waals surface area contributed by atoms with E-state index in [1.165, 1.54) is 11.5 Å². The van der Waals surface area contributed by atoms with Crippen molar-refractivity contribution >= 4 is 47.4 Å². The van der Waals surface area contributed by atoms with E-state index in [1.807, 2.05) is 4.90 Å². The Hall–Kier alpha value is -0.630. The van der Waals surface area contributed by atoms with Crippen LogP contribution in [-0.4, -0.2) is 52.9 Å². The summed E-state index contributed by atoms with van der Waals surface area (Å²) < 4.78 is 4.32. The van der Waals surface area contributed by atoms with Gasteiger partial charge in [0.15, 0.2) is 0 Å². The highest BCUT2D eigenvalue weighted by atomic mass is 35.5. The molecule has 1 fully saturated rings. The molecule has 2 rings (SSSR count). The van der Waals surface area contributed by atoms with Gasteiger partial charge in [0.05, 0.1) is 0 Å². The van der Waals surface area contributed by atoms with Gasteiger partial charge >= 0.3 is 0 Å². The molecule has 2 heterocycles. The fourth-order valence-corrected chi connectivity index (χ4v) is 2.96. The molecule has 0 atom stereocenters. The summed E-state index contributed by atoms with van der Waals surface area (Å²) in [6.07, 6.45) is 2.28. The van der Waals surface area contributed by atoms with E-state index in [0.717, 1.165) is 50.0 Å². The minimum absolute atomic E-state index is 0. The molecule has 0 aliphatic carbocycles. The summed E-state index contributed by atoms with van der Waals surface area (Å²) in [5.74, 6) is 1.07. The van der Waals surface area contributed by atoms with Gasteiger partial charge in [-0.05, 0) is 6.42 Å². The van der Waals surface area contributed by atoms with Crippen molar-refractivity contribution < 1.29 is 4.79 Å². The third-order valence-corrected chi connectivity index (χ3v) is 4.07. The van der Waals surface area contributed by atoms with Gasteiger partial charge in [0.2, 0.25) is 11.0 Å². The Morgan fingerprint density at radius 1 is 1.29 bits per heavy atom. The Kier molecular flexibility index (Phi) is 9.85. The van der Waals surface area contributed by atoms with Crippen LogP contribution in [0.3, 0.4) is 0 Å². The number of hydrogen-bond donors (Lipinski definition) is 1. The van der Waals surface area contributed by atoms with Crippen molar-refractivity contribution in [3.8, 4) is 0 Å². The minimum atomic E-state index is 0. The Morgan fingerprint density at radius 2 is 2.05 bits per heavy atom. The molecule has 0 spiro atoms. The van der Waals surface area contributed by atoms with Crippen molar-refractivity contribution in [1.29, 1.82) is 0 Å². The first-order valence-corrected chi connectivity index (χ1v) is 7.57. The van der Waals surface area contributed by atoms with Crippen LogP contribution in [0.25, 0.3) is 0 Å². The van der Waals surface area contributed by atoms with Crippen LogP contribution >= 0.6 is 36.3 Å². The fourth-order valence-electron chi connectivity index (χ4n) is 2.16. The van der Waals surface area contributed by atoms with Gasteiger partial charge in [0, 0.05) is 57.1 Å². The topological polar surface area (TPSA) is 75.4 Å². The molecular formula is C12H23Cl2N5OS. The number of carbonyl (C=O) groups excluding carboxylic acids is 1. The smallest absolute Gasteiger partial charge is 0.223 e. The van der Waals surface area contributed by atoms with E-state index < -0.39 is 0 Å². The average Bonchev–Trinajstić information content (AvgIpc) is 2.76. The monoisotopic (exact) mass is 355 g/mol. The molecule has 1 amide bonds. The van der Waals surface area contributed by atoms with E-state index in [1.54, 1.807) is 0 Å². The van der Waals surface area contributed by atoms with Crippen LogP contribution in [0.2, 0.25) is 0 Å². The van der Waals surface area contributed by atoms with Gasteiger partial charge in [-0.3, -0.25) is 4.79 Å². The first-order chi connectivity index (χ1) is 9.24. The molecule has 1 aromatic heterocycles. The molecule has 1 aliphatic rings. The molecule has 1 saturated heterocycles. The molecule has 9 heteroatoms. The third kappa shape index (κ3) is 5.58. The highest BCUT2D eigenvalue weighted by Crippen LogP contribution is 2.19. The number of hydrogen-bond acceptors (Lipinski definition) is 6. The lowest BCUT2D eigenvalue weighted by molar-refractivity contribution is -0.130. The molecule has 0 aromatic carbocycles. The highest BCUT2D eigenvalue weighted by Gasteiger charge is 2.20. The van der Waals surface area contributed by atoms with E-state index in [0.29, 0.717) is 13.0 Å². The van der Waals surface area contributed by atoms with Crippen molar-refractivity contribution in [2.24, 2.45) is 5.73 Å². The number of aryl methyl sites for hydroxylation is 1. The second-order valence-corrected chi connectivity index (χ2v) is 5.34. The Balaban J connectivity index is 0.00000200. The van der Waals surface area contributed by atoms with Gasteiger partial charge in [-0.25, -0.2) is 4.98 Å². The van der Waals surface area contributed by atoms with Crippen LogP contribution in [0.15, 0.2) is 0 Å². The van der Waals surface area contributed by atoms with Crippen LogP contribution in [0, 0.1) is 0 Å². The molecule has 21 heavy (non-hydrogen) atoms. The molecule has 1 aliphatic heterocycles. The lowest BCUT2D eigenvalue weighted by atomic mass is 10.3. The fraction of sp³-hybridized carbons (Fsp3) is 0.750. The minimum Gasteiger partial charge on any atom is -0.345 e. The second kappa shape index (κ2) is 10.2. The van der Waals surface area contributed by atoms with E-state index >= 15 is 0 Å². The van der Waals surface area contributed by atoms with Crippen molar-refractivity contribution in [2.45, 2.75) is 26.2 Å². The normalized spacial score (nSPS) is 15.0. The van der Waals surface area contributed by atoms with Crippen LogP contribution in [0.5, 0.6) is 0 Å². The Labute approximate surface area is 142 Å². The number of anilines is 1. The van der Waals surface area contributed by atoms with Gasteiger partial charge in [-0.15, -0.1) is 24.8 Å². The van der Waals surface area contributed by atoms with Gasteiger partial charge in [-0.1, -0.05) is 6.92 Å². The maximum absolute atomic E-state index is 11.8. The maximum atomic E-state index is 11.8. The number of rotatable bonds is 4.